The van der Waals surface area contributed by atoms with Crippen molar-refractivity contribution in [3.05, 3.63) is 125 Å². The first-order chi connectivity index (χ1) is 26.3. The fraction of sp³-hybridized carbons (Fsp3) is 0.250. The van der Waals surface area contributed by atoms with E-state index in [0.29, 0.717) is 23.9 Å². The molecular formula is C36H28F10N6O3S. The molecule has 296 valence electrons. The van der Waals surface area contributed by atoms with E-state index in [2.05, 4.69) is 19.9 Å². The van der Waals surface area contributed by atoms with Crippen LogP contribution in [0, 0.1) is 17.5 Å². The van der Waals surface area contributed by atoms with Crippen LogP contribution in [0.5, 0.6) is 0 Å². The van der Waals surface area contributed by atoms with Crippen LogP contribution in [0.4, 0.5) is 43.9 Å². The molecule has 56 heavy (non-hydrogen) atoms. The summed E-state index contributed by atoms with van der Waals surface area (Å²) in [7, 11) is -4.27. The van der Waals surface area contributed by atoms with Gasteiger partial charge >= 0.3 is 12.4 Å². The zero-order valence-electron chi connectivity index (χ0n) is 28.5. The van der Waals surface area contributed by atoms with Crippen molar-refractivity contribution in [2.45, 2.75) is 55.3 Å². The SMILES string of the molecule is NCc1cc(-c2ccc(C(F)(F)F)cc2F)ncn1.O=C(CCc1cc(-c2ccc(C(F)(F)F)cc2F)ncn1)[C@@H]1C[C@@H](F)CN1S(=O)(=O)c1ccc(F)cc1. The average Bonchev–Trinajstić information content (AvgIpc) is 3.56. The van der Waals surface area contributed by atoms with Gasteiger partial charge in [0.25, 0.3) is 0 Å². The molecule has 1 saturated heterocycles. The van der Waals surface area contributed by atoms with Gasteiger partial charge in [0.2, 0.25) is 10.0 Å². The largest absolute Gasteiger partial charge is 0.416 e. The summed E-state index contributed by atoms with van der Waals surface area (Å²) in [6, 6.07) is 9.70. The summed E-state index contributed by atoms with van der Waals surface area (Å²) in [5.74, 6) is -3.36. The van der Waals surface area contributed by atoms with Gasteiger partial charge in [-0.1, -0.05) is 0 Å². The minimum absolute atomic E-state index is 0.00567. The van der Waals surface area contributed by atoms with Crippen LogP contribution in [0.25, 0.3) is 22.5 Å². The highest BCUT2D eigenvalue weighted by molar-refractivity contribution is 7.89. The lowest BCUT2D eigenvalue weighted by Crippen LogP contribution is -2.40. The van der Waals surface area contributed by atoms with E-state index in [1.165, 1.54) is 18.5 Å². The molecule has 0 unspecified atom stereocenters. The van der Waals surface area contributed by atoms with Gasteiger partial charge in [-0.25, -0.2) is 45.9 Å². The third-order valence-corrected chi connectivity index (χ3v) is 10.3. The van der Waals surface area contributed by atoms with Gasteiger partial charge in [-0.05, 0) is 79.2 Å². The smallest absolute Gasteiger partial charge is 0.325 e. The number of nitrogens with zero attached hydrogens (tertiary/aromatic N) is 5. The van der Waals surface area contributed by atoms with Crippen LogP contribution in [-0.2, 0) is 40.1 Å². The molecule has 0 aliphatic carbocycles. The van der Waals surface area contributed by atoms with Crippen LogP contribution in [0.3, 0.4) is 0 Å². The molecule has 1 aliphatic heterocycles. The maximum Gasteiger partial charge on any atom is 0.416 e. The molecule has 0 saturated carbocycles. The van der Waals surface area contributed by atoms with E-state index in [1.807, 2.05) is 0 Å². The number of aromatic nitrogens is 4. The van der Waals surface area contributed by atoms with Crippen molar-refractivity contribution in [1.82, 2.24) is 24.2 Å². The highest BCUT2D eigenvalue weighted by atomic mass is 32.2. The molecule has 2 aromatic heterocycles. The van der Waals surface area contributed by atoms with Gasteiger partial charge in [0, 0.05) is 42.8 Å². The van der Waals surface area contributed by atoms with Crippen molar-refractivity contribution in [2.75, 3.05) is 6.54 Å². The second-order valence-corrected chi connectivity index (χ2v) is 14.1. The lowest BCUT2D eigenvalue weighted by atomic mass is 10.0. The molecule has 5 aromatic rings. The summed E-state index contributed by atoms with van der Waals surface area (Å²) in [6.07, 6.45) is -9.23. The zero-order valence-corrected chi connectivity index (χ0v) is 29.3. The second-order valence-electron chi connectivity index (χ2n) is 12.2. The summed E-state index contributed by atoms with van der Waals surface area (Å²) >= 11 is 0. The number of Topliss-reactive ketones (excluding diaryl/α,β-unsaturated/α-hetero) is 1. The molecule has 0 amide bonds. The van der Waals surface area contributed by atoms with Gasteiger partial charge in [-0.15, -0.1) is 0 Å². The van der Waals surface area contributed by atoms with E-state index in [1.54, 1.807) is 0 Å². The Hall–Kier alpha value is -5.34. The molecule has 9 nitrogen and oxygen atoms in total. The van der Waals surface area contributed by atoms with Crippen molar-refractivity contribution >= 4 is 15.8 Å². The summed E-state index contributed by atoms with van der Waals surface area (Å²) in [5, 5.41) is 0. The van der Waals surface area contributed by atoms with E-state index in [4.69, 9.17) is 5.73 Å². The van der Waals surface area contributed by atoms with Crippen LogP contribution in [0.1, 0.15) is 35.4 Å². The second kappa shape index (κ2) is 16.8. The Balaban J connectivity index is 0.000000265. The van der Waals surface area contributed by atoms with Crippen LogP contribution >= 0.6 is 0 Å². The molecule has 0 spiro atoms. The van der Waals surface area contributed by atoms with Crippen molar-refractivity contribution in [3.63, 3.8) is 0 Å². The Morgan fingerprint density at radius 1 is 0.732 bits per heavy atom. The highest BCUT2D eigenvalue weighted by Gasteiger charge is 2.43. The molecule has 20 heteroatoms. The van der Waals surface area contributed by atoms with Gasteiger partial charge < -0.3 is 5.73 Å². The lowest BCUT2D eigenvalue weighted by Gasteiger charge is -2.22. The quantitative estimate of drug-likeness (QED) is 0.151. The minimum atomic E-state index is -4.71. The van der Waals surface area contributed by atoms with Crippen LogP contribution in [-0.4, -0.2) is 57.2 Å². The molecular weight excluding hydrogens is 786 g/mol. The molecule has 0 bridgehead atoms. The van der Waals surface area contributed by atoms with E-state index in [9.17, 15) is 57.1 Å². The minimum Gasteiger partial charge on any atom is -0.325 e. The number of carbonyl (C=O) groups excluding carboxylic acids is 1. The van der Waals surface area contributed by atoms with Crippen molar-refractivity contribution in [2.24, 2.45) is 5.73 Å². The molecule has 1 fully saturated rings. The average molecular weight is 815 g/mol. The van der Waals surface area contributed by atoms with Crippen LogP contribution in [0.2, 0.25) is 0 Å². The molecule has 3 aromatic carbocycles. The number of ketones is 1. The first-order valence-electron chi connectivity index (χ1n) is 16.3. The van der Waals surface area contributed by atoms with Crippen LogP contribution in [0.15, 0.2) is 90.3 Å². The fourth-order valence-electron chi connectivity index (χ4n) is 5.61. The Morgan fingerprint density at radius 2 is 1.23 bits per heavy atom. The van der Waals surface area contributed by atoms with Gasteiger partial charge in [-0.3, -0.25) is 4.79 Å². The molecule has 2 N–H and O–H groups in total. The number of aryl methyl sites for hydroxylation is 1. The maximum atomic E-state index is 14.3. The Bertz CT molecular complexity index is 2310. The first kappa shape index (κ1) is 41.8. The number of benzene rings is 3. The fourth-order valence-corrected chi connectivity index (χ4v) is 7.26. The number of alkyl halides is 7. The monoisotopic (exact) mass is 814 g/mol. The molecule has 1 aliphatic rings. The third kappa shape index (κ3) is 9.90. The Morgan fingerprint density at radius 3 is 1.71 bits per heavy atom. The topological polar surface area (TPSA) is 132 Å². The zero-order chi connectivity index (χ0) is 41.0. The Kier molecular flexibility index (Phi) is 12.5. The maximum absolute atomic E-state index is 14.3. The van der Waals surface area contributed by atoms with Crippen molar-refractivity contribution < 1.29 is 57.1 Å². The molecule has 3 heterocycles. The number of carbonyl (C=O) groups is 1. The molecule has 6 rings (SSSR count). The normalized spacial score (nSPS) is 16.3. The lowest BCUT2D eigenvalue weighted by molar-refractivity contribution is -0.138. The summed E-state index contributed by atoms with van der Waals surface area (Å²) in [4.78, 5) is 28.1. The molecule has 0 radical (unpaired) electrons. The van der Waals surface area contributed by atoms with E-state index in [-0.39, 0.29) is 58.9 Å². The number of sulfonamides is 1. The predicted octanol–water partition coefficient (Wildman–Crippen LogP) is 7.50. The van der Waals surface area contributed by atoms with Crippen LogP contribution < -0.4 is 5.73 Å². The first-order valence-corrected chi connectivity index (χ1v) is 17.7. The predicted molar refractivity (Wildman–Crippen MR) is 180 cm³/mol. The van der Waals surface area contributed by atoms with E-state index < -0.39 is 75.5 Å². The van der Waals surface area contributed by atoms with E-state index >= 15 is 0 Å². The van der Waals surface area contributed by atoms with Crippen molar-refractivity contribution in [3.8, 4) is 22.5 Å². The number of hydrogen-bond acceptors (Lipinski definition) is 8. The van der Waals surface area contributed by atoms with Gasteiger partial charge in [-0.2, -0.15) is 30.6 Å². The van der Waals surface area contributed by atoms with E-state index in [0.717, 1.165) is 53.1 Å². The summed E-state index contributed by atoms with van der Waals surface area (Å²) < 4.78 is 158. The van der Waals surface area contributed by atoms with Gasteiger partial charge in [0.05, 0.1) is 39.1 Å². The van der Waals surface area contributed by atoms with Crippen molar-refractivity contribution in [1.29, 1.82) is 0 Å². The standard InChI is InChI=1S/C24H19F6N3O3S.C12H9F4N3/c25-15-2-5-18(6-3-15)37(35,36)33-12-16(26)10-22(33)23(34)8-4-17-11-21(32-13-31-17)19-7-1-14(9-20(19)27)24(28,29)30;13-10-3-7(12(14,15)16)1-2-9(10)11-4-8(5-17)18-6-19-11/h1-3,5-7,9,11,13,16,22H,4,8,10,12H2;1-4,6H,5,17H2/t16-,22+;/m1./s1. The highest BCUT2D eigenvalue weighted by Crippen LogP contribution is 2.34. The van der Waals surface area contributed by atoms with Gasteiger partial charge in [0.1, 0.15) is 36.3 Å². The number of hydrogen-bond donors (Lipinski definition) is 1. The molecule has 2 atom stereocenters. The summed E-state index contributed by atoms with van der Waals surface area (Å²) in [5.41, 5.74) is 3.88. The summed E-state index contributed by atoms with van der Waals surface area (Å²) in [6.45, 7) is -0.390. The third-order valence-electron chi connectivity index (χ3n) is 8.43. The number of rotatable bonds is 9. The Labute approximate surface area is 312 Å². The number of nitrogens with two attached hydrogens (primary N) is 1. The van der Waals surface area contributed by atoms with Gasteiger partial charge in [0.15, 0.2) is 5.78 Å². The number of halogens is 10.